The Kier molecular flexibility index (Phi) is 2.98. The predicted molar refractivity (Wildman–Crippen MR) is 25.0 cm³/mol. The lowest BCUT2D eigenvalue weighted by Gasteiger charge is -1.61. The summed E-state index contributed by atoms with van der Waals surface area (Å²) in [6.07, 6.45) is 4.66. The molecule has 0 saturated carbocycles. The van der Waals surface area contributed by atoms with Crippen LogP contribution in [0.2, 0.25) is 0 Å². The molecule has 0 aromatic rings. The van der Waals surface area contributed by atoms with Crippen molar-refractivity contribution < 1.29 is 8.42 Å². The largest absolute Gasteiger partial charge is 0.312 e. The molecule has 0 atom stereocenters. The smallest absolute Gasteiger partial charge is 0.164 e. The number of nitrogens with zero attached hydrogens (tertiary/aromatic N) is 1. The van der Waals surface area contributed by atoms with Gasteiger partial charge in [-0.15, -0.1) is 6.42 Å². The van der Waals surface area contributed by atoms with Crippen molar-refractivity contribution in [2.75, 3.05) is 6.54 Å². The van der Waals surface area contributed by atoms with Gasteiger partial charge < -0.3 is 0 Å². The Morgan fingerprint density at radius 2 is 2.29 bits per heavy atom. The predicted octanol–water partition coefficient (Wildman–Crippen LogP) is -0.318. The number of hydrogen-bond donors (Lipinski definition) is 0. The summed E-state index contributed by atoms with van der Waals surface area (Å²) >= 11 is 0. The van der Waals surface area contributed by atoms with Crippen LogP contribution in [0.5, 0.6) is 0 Å². The number of hydrogen-bond acceptors (Lipinski definition) is 3. The van der Waals surface area contributed by atoms with Crippen LogP contribution >= 0.6 is 0 Å². The van der Waals surface area contributed by atoms with Gasteiger partial charge >= 0.3 is 10.5 Å². The molecule has 0 saturated heterocycles. The van der Waals surface area contributed by atoms with Crippen LogP contribution < -0.4 is 0 Å². The van der Waals surface area contributed by atoms with Gasteiger partial charge in [0.25, 0.3) is 0 Å². The van der Waals surface area contributed by atoms with Crippen LogP contribution in [0.25, 0.3) is 0 Å². The van der Waals surface area contributed by atoms with Crippen molar-refractivity contribution in [2.24, 2.45) is 4.36 Å². The first kappa shape index (κ1) is 6.18. The van der Waals surface area contributed by atoms with Crippen LogP contribution in [-0.4, -0.2) is 15.0 Å². The number of rotatable bonds is 1. The summed E-state index contributed by atoms with van der Waals surface area (Å²) < 4.78 is 21.9. The highest BCUT2D eigenvalue weighted by Gasteiger charge is 1.64. The molecule has 7 heavy (non-hydrogen) atoms. The van der Waals surface area contributed by atoms with Crippen molar-refractivity contribution in [3.8, 4) is 12.3 Å². The van der Waals surface area contributed by atoms with Gasteiger partial charge in [-0.25, -0.2) is 0 Å². The molecular formula is C3H3NO2S. The summed E-state index contributed by atoms with van der Waals surface area (Å²) in [6, 6.07) is 0. The third kappa shape index (κ3) is 5.18. The highest BCUT2D eigenvalue weighted by atomic mass is 32.2. The zero-order valence-corrected chi connectivity index (χ0v) is 4.27. The summed E-state index contributed by atoms with van der Waals surface area (Å²) in [7, 11) is -2.33. The molecule has 4 heteroatoms. The average Bonchev–Trinajstić information content (AvgIpc) is 1.61. The molecule has 0 aliphatic rings. The highest BCUT2D eigenvalue weighted by molar-refractivity contribution is 7.61. The van der Waals surface area contributed by atoms with Gasteiger partial charge in [-0.05, 0) is 0 Å². The first-order valence-corrected chi connectivity index (χ1v) is 2.51. The lowest BCUT2D eigenvalue weighted by atomic mass is 10.7. The van der Waals surface area contributed by atoms with E-state index in [4.69, 9.17) is 0 Å². The van der Waals surface area contributed by atoms with Gasteiger partial charge in [-0.2, -0.15) is 12.8 Å². The van der Waals surface area contributed by atoms with E-state index in [1.807, 2.05) is 5.92 Å². The molecule has 0 unspecified atom stereocenters. The fraction of sp³-hybridized carbons (Fsp3) is 0.333. The Balaban J connectivity index is 3.79. The van der Waals surface area contributed by atoms with E-state index in [-0.39, 0.29) is 6.54 Å². The second-order valence-electron chi connectivity index (χ2n) is 0.708. The molecular weight excluding hydrogens is 114 g/mol. The molecule has 0 heterocycles. The molecule has 0 fully saturated rings. The zero-order chi connectivity index (χ0) is 5.70. The van der Waals surface area contributed by atoms with E-state index in [0.29, 0.717) is 0 Å². The van der Waals surface area contributed by atoms with E-state index in [0.717, 1.165) is 0 Å². The average molecular weight is 117 g/mol. The van der Waals surface area contributed by atoms with Gasteiger partial charge in [0.15, 0.2) is 0 Å². The van der Waals surface area contributed by atoms with Gasteiger partial charge in [-0.3, -0.25) is 0 Å². The third-order valence-electron chi connectivity index (χ3n) is 0.261. The van der Waals surface area contributed by atoms with E-state index in [9.17, 15) is 8.42 Å². The summed E-state index contributed by atoms with van der Waals surface area (Å²) in [5, 5.41) is 0. The summed E-state index contributed by atoms with van der Waals surface area (Å²) in [5.74, 6) is 2.04. The fourth-order valence-electron chi connectivity index (χ4n) is 0.0900. The van der Waals surface area contributed by atoms with Crippen molar-refractivity contribution in [2.45, 2.75) is 0 Å². The zero-order valence-electron chi connectivity index (χ0n) is 3.46. The monoisotopic (exact) mass is 117 g/mol. The summed E-state index contributed by atoms with van der Waals surface area (Å²) in [5.41, 5.74) is 0. The second kappa shape index (κ2) is 3.37. The first-order chi connectivity index (χ1) is 3.27. The highest BCUT2D eigenvalue weighted by Crippen LogP contribution is 1.59. The lowest BCUT2D eigenvalue weighted by Crippen LogP contribution is -1.66. The molecule has 0 bridgehead atoms. The minimum absolute atomic E-state index is 0.0594. The van der Waals surface area contributed by atoms with Gasteiger partial charge in [0, 0.05) is 0 Å². The first-order valence-electron chi connectivity index (χ1n) is 1.47. The molecule has 0 amide bonds. The lowest BCUT2D eigenvalue weighted by molar-refractivity contribution is 0.621. The quantitative estimate of drug-likeness (QED) is 0.442. The molecule has 38 valence electrons. The molecule has 0 spiro atoms. The van der Waals surface area contributed by atoms with Gasteiger partial charge in [0.2, 0.25) is 0 Å². The molecule has 0 N–H and O–H groups in total. The van der Waals surface area contributed by atoms with Crippen LogP contribution in [0, 0.1) is 12.3 Å². The summed E-state index contributed by atoms with van der Waals surface area (Å²) in [6.45, 7) is -0.0594. The van der Waals surface area contributed by atoms with Gasteiger partial charge in [-0.1, -0.05) is 5.92 Å². The Morgan fingerprint density at radius 3 is 2.43 bits per heavy atom. The normalized spacial score (nSPS) is 6.71. The molecule has 0 radical (unpaired) electrons. The molecule has 0 rings (SSSR count). The minimum Gasteiger partial charge on any atom is -0.164 e. The maximum Gasteiger partial charge on any atom is 0.312 e. The van der Waals surface area contributed by atoms with Crippen LogP contribution in [0.1, 0.15) is 0 Å². The Morgan fingerprint density at radius 1 is 1.71 bits per heavy atom. The van der Waals surface area contributed by atoms with E-state index < -0.39 is 10.5 Å². The molecule has 3 nitrogen and oxygen atoms in total. The van der Waals surface area contributed by atoms with Crippen LogP contribution in [-0.2, 0) is 10.5 Å². The number of terminal acetylenes is 1. The maximum absolute atomic E-state index is 9.50. The minimum atomic E-state index is -2.33. The molecule has 0 aliphatic heterocycles. The van der Waals surface area contributed by atoms with E-state index in [1.54, 1.807) is 0 Å². The van der Waals surface area contributed by atoms with Crippen molar-refractivity contribution in [1.29, 1.82) is 0 Å². The standard InChI is InChI=1S/C3H3NO2S/c1-2-3-4-7(5)6/h1H,3H2. The van der Waals surface area contributed by atoms with Crippen LogP contribution in [0.15, 0.2) is 4.36 Å². The van der Waals surface area contributed by atoms with Gasteiger partial charge in [0.1, 0.15) is 6.54 Å². The topological polar surface area (TPSA) is 46.5 Å². The van der Waals surface area contributed by atoms with Crippen LogP contribution in [0.3, 0.4) is 0 Å². The fourth-order valence-corrected chi connectivity index (χ4v) is 0.270. The summed E-state index contributed by atoms with van der Waals surface area (Å²) in [4.78, 5) is 0. The third-order valence-corrected chi connectivity index (χ3v) is 0.601. The molecule has 0 aliphatic carbocycles. The van der Waals surface area contributed by atoms with Crippen molar-refractivity contribution in [3.63, 3.8) is 0 Å². The SMILES string of the molecule is C#CCN=S(=O)=O. The maximum atomic E-state index is 9.50. The molecule has 0 aromatic heterocycles. The van der Waals surface area contributed by atoms with E-state index in [2.05, 4.69) is 10.8 Å². The van der Waals surface area contributed by atoms with Crippen LogP contribution in [0.4, 0.5) is 0 Å². The van der Waals surface area contributed by atoms with Crippen molar-refractivity contribution in [3.05, 3.63) is 0 Å². The van der Waals surface area contributed by atoms with Gasteiger partial charge in [0.05, 0.1) is 0 Å². The Labute approximate surface area is 43.1 Å². The second-order valence-corrected chi connectivity index (χ2v) is 1.40. The molecule has 0 aromatic carbocycles. The Bertz CT molecular complexity index is 187. The van der Waals surface area contributed by atoms with E-state index >= 15 is 0 Å². The van der Waals surface area contributed by atoms with E-state index in [1.165, 1.54) is 0 Å². The van der Waals surface area contributed by atoms with Crippen molar-refractivity contribution in [1.82, 2.24) is 0 Å². The van der Waals surface area contributed by atoms with Crippen molar-refractivity contribution >= 4 is 10.5 Å². The Hall–Kier alpha value is -0.820.